The lowest BCUT2D eigenvalue weighted by atomic mass is 9.78. The maximum Gasteiger partial charge on any atom is 0.245 e. The molecule has 0 aromatic carbocycles. The van der Waals surface area contributed by atoms with Crippen molar-refractivity contribution in [1.82, 2.24) is 5.32 Å². The molecule has 0 aliphatic heterocycles. The first kappa shape index (κ1) is 11.7. The summed E-state index contributed by atoms with van der Waals surface area (Å²) >= 11 is 0. The molecule has 0 saturated heterocycles. The Morgan fingerprint density at radius 3 is 2.33 bits per heavy atom. The van der Waals surface area contributed by atoms with E-state index >= 15 is 0 Å². The molecule has 0 heterocycles. The molecule has 1 amide bonds. The molecule has 0 spiro atoms. The molecule has 1 aliphatic rings. The van der Waals surface area contributed by atoms with E-state index in [1.807, 2.05) is 0 Å². The highest BCUT2D eigenvalue weighted by atomic mass is 16.2. The number of hydrogen-bond acceptors (Lipinski definition) is 3. The van der Waals surface area contributed by atoms with Gasteiger partial charge >= 0.3 is 0 Å². The summed E-state index contributed by atoms with van der Waals surface area (Å²) in [7, 11) is 0. The molecule has 1 saturated carbocycles. The molecule has 1 unspecified atom stereocenters. The number of amides is 1. The topological polar surface area (TPSA) is 70.0 Å². The number of hydrogen-bond donors (Lipinski definition) is 1. The molecule has 1 aliphatic carbocycles. The molecule has 0 aromatic rings. The average molecular weight is 208 g/mol. The molecule has 0 bridgehead atoms. The number of nitrogens with one attached hydrogen (secondary N) is 1. The highest BCUT2D eigenvalue weighted by Gasteiger charge is 2.35. The van der Waals surface area contributed by atoms with Gasteiger partial charge in [-0.15, -0.1) is 0 Å². The van der Waals surface area contributed by atoms with Crippen molar-refractivity contribution in [3.63, 3.8) is 0 Å². The normalized spacial score (nSPS) is 17.7. The van der Waals surface area contributed by atoms with E-state index in [2.05, 4.69) is 5.32 Å². The van der Waals surface area contributed by atoms with E-state index in [4.69, 9.17) is 5.26 Å². The van der Waals surface area contributed by atoms with Crippen LogP contribution in [0, 0.1) is 23.2 Å². The first-order valence-electron chi connectivity index (χ1n) is 5.30. The Balaban J connectivity index is 2.58. The van der Waals surface area contributed by atoms with Crippen molar-refractivity contribution in [2.75, 3.05) is 0 Å². The Labute approximate surface area is 89.6 Å². The van der Waals surface area contributed by atoms with Crippen LogP contribution in [-0.4, -0.2) is 17.7 Å². The molecular formula is C11H16N2O2. The van der Waals surface area contributed by atoms with Crippen LogP contribution in [0.3, 0.4) is 0 Å². The van der Waals surface area contributed by atoms with Crippen LogP contribution in [0.1, 0.15) is 33.1 Å². The quantitative estimate of drug-likeness (QED) is 0.701. The lowest BCUT2D eigenvalue weighted by Gasteiger charge is -2.25. The van der Waals surface area contributed by atoms with Gasteiger partial charge in [-0.3, -0.25) is 9.59 Å². The molecule has 1 rings (SSSR count). The van der Waals surface area contributed by atoms with E-state index in [0.29, 0.717) is 0 Å². The maximum absolute atomic E-state index is 11.7. The number of nitrogens with zero attached hydrogens (tertiary/aromatic N) is 1. The van der Waals surface area contributed by atoms with E-state index < -0.39 is 11.8 Å². The summed E-state index contributed by atoms with van der Waals surface area (Å²) in [5, 5.41) is 11.4. The SMILES string of the molecule is CC(C)NC(=O)C(C#N)C(=O)C1CCC1. The van der Waals surface area contributed by atoms with Crippen LogP contribution in [-0.2, 0) is 9.59 Å². The van der Waals surface area contributed by atoms with Crippen LogP contribution in [0.25, 0.3) is 0 Å². The van der Waals surface area contributed by atoms with Crippen LogP contribution in [0.5, 0.6) is 0 Å². The number of ketones is 1. The lowest BCUT2D eigenvalue weighted by molar-refractivity contribution is -0.135. The van der Waals surface area contributed by atoms with Crippen LogP contribution < -0.4 is 5.32 Å². The predicted octanol–water partition coefficient (Wildman–Crippen LogP) is 1.02. The van der Waals surface area contributed by atoms with Gasteiger partial charge < -0.3 is 5.32 Å². The second-order valence-electron chi connectivity index (χ2n) is 4.26. The zero-order valence-electron chi connectivity index (χ0n) is 9.12. The summed E-state index contributed by atoms with van der Waals surface area (Å²) in [4.78, 5) is 23.2. The first-order chi connectivity index (χ1) is 7.06. The standard InChI is InChI=1S/C11H16N2O2/c1-7(2)13-11(15)9(6-12)10(14)8-4-3-5-8/h7-9H,3-5H2,1-2H3,(H,13,15). The fourth-order valence-electron chi connectivity index (χ4n) is 1.55. The second kappa shape index (κ2) is 4.92. The monoisotopic (exact) mass is 208 g/mol. The molecule has 4 heteroatoms. The fraction of sp³-hybridized carbons (Fsp3) is 0.727. The van der Waals surface area contributed by atoms with Gasteiger partial charge in [0, 0.05) is 12.0 Å². The third-order valence-electron chi connectivity index (χ3n) is 2.61. The Bertz CT molecular complexity index is 300. The van der Waals surface area contributed by atoms with Crippen molar-refractivity contribution < 1.29 is 9.59 Å². The van der Waals surface area contributed by atoms with E-state index in [-0.39, 0.29) is 17.7 Å². The summed E-state index contributed by atoms with van der Waals surface area (Å²) in [6.45, 7) is 3.61. The van der Waals surface area contributed by atoms with E-state index in [9.17, 15) is 9.59 Å². The maximum atomic E-state index is 11.7. The van der Waals surface area contributed by atoms with Gasteiger partial charge in [0.15, 0.2) is 11.7 Å². The number of carbonyl (C=O) groups excluding carboxylic acids is 2. The summed E-state index contributed by atoms with van der Waals surface area (Å²) in [6, 6.07) is 1.76. The summed E-state index contributed by atoms with van der Waals surface area (Å²) in [6.07, 6.45) is 2.68. The molecule has 1 atom stereocenters. The average Bonchev–Trinajstić information content (AvgIpc) is 1.99. The third kappa shape index (κ3) is 2.79. The number of Topliss-reactive ketones (excluding diaryl/α,β-unsaturated/α-hetero) is 1. The van der Waals surface area contributed by atoms with E-state index in [1.165, 1.54) is 0 Å². The van der Waals surface area contributed by atoms with Gasteiger partial charge in [-0.05, 0) is 26.7 Å². The van der Waals surface area contributed by atoms with Gasteiger partial charge in [0.1, 0.15) is 0 Å². The fourth-order valence-corrected chi connectivity index (χ4v) is 1.55. The molecule has 82 valence electrons. The van der Waals surface area contributed by atoms with Crippen molar-refractivity contribution in [3.8, 4) is 6.07 Å². The summed E-state index contributed by atoms with van der Waals surface area (Å²) < 4.78 is 0. The number of nitriles is 1. The van der Waals surface area contributed by atoms with Gasteiger partial charge in [0.05, 0.1) is 6.07 Å². The smallest absolute Gasteiger partial charge is 0.245 e. The van der Waals surface area contributed by atoms with Crippen molar-refractivity contribution in [1.29, 1.82) is 5.26 Å². The Hall–Kier alpha value is -1.37. The van der Waals surface area contributed by atoms with Gasteiger partial charge in [0.2, 0.25) is 5.91 Å². The highest BCUT2D eigenvalue weighted by molar-refractivity contribution is 6.05. The number of carbonyl (C=O) groups is 2. The zero-order chi connectivity index (χ0) is 11.4. The predicted molar refractivity (Wildman–Crippen MR) is 54.7 cm³/mol. The minimum atomic E-state index is -1.11. The summed E-state index contributed by atoms with van der Waals surface area (Å²) in [5.41, 5.74) is 0. The molecule has 15 heavy (non-hydrogen) atoms. The van der Waals surface area contributed by atoms with Gasteiger partial charge in [-0.25, -0.2) is 0 Å². The third-order valence-corrected chi connectivity index (χ3v) is 2.61. The molecule has 0 radical (unpaired) electrons. The second-order valence-corrected chi connectivity index (χ2v) is 4.26. The van der Waals surface area contributed by atoms with Crippen LogP contribution >= 0.6 is 0 Å². The molecule has 1 N–H and O–H groups in total. The van der Waals surface area contributed by atoms with Crippen molar-refractivity contribution in [3.05, 3.63) is 0 Å². The van der Waals surface area contributed by atoms with Gasteiger partial charge in [-0.2, -0.15) is 5.26 Å². The van der Waals surface area contributed by atoms with E-state index in [1.54, 1.807) is 19.9 Å². The van der Waals surface area contributed by atoms with Crippen LogP contribution in [0.4, 0.5) is 0 Å². The molecule has 0 aromatic heterocycles. The minimum absolute atomic E-state index is 0.0393. The van der Waals surface area contributed by atoms with Crippen LogP contribution in [0.15, 0.2) is 0 Å². The Kier molecular flexibility index (Phi) is 3.84. The van der Waals surface area contributed by atoms with Gasteiger partial charge in [-0.1, -0.05) is 6.42 Å². The largest absolute Gasteiger partial charge is 0.352 e. The number of rotatable bonds is 4. The Morgan fingerprint density at radius 2 is 2.00 bits per heavy atom. The van der Waals surface area contributed by atoms with Crippen molar-refractivity contribution in [2.24, 2.45) is 11.8 Å². The molecule has 4 nitrogen and oxygen atoms in total. The van der Waals surface area contributed by atoms with Gasteiger partial charge in [0.25, 0.3) is 0 Å². The molecule has 1 fully saturated rings. The van der Waals surface area contributed by atoms with Crippen molar-refractivity contribution in [2.45, 2.75) is 39.2 Å². The van der Waals surface area contributed by atoms with Crippen LogP contribution in [0.2, 0.25) is 0 Å². The zero-order valence-corrected chi connectivity index (χ0v) is 9.12. The van der Waals surface area contributed by atoms with E-state index in [0.717, 1.165) is 19.3 Å². The lowest BCUT2D eigenvalue weighted by Crippen LogP contribution is -2.41. The highest BCUT2D eigenvalue weighted by Crippen LogP contribution is 2.29. The minimum Gasteiger partial charge on any atom is -0.352 e. The van der Waals surface area contributed by atoms with Crippen molar-refractivity contribution >= 4 is 11.7 Å². The molecular weight excluding hydrogens is 192 g/mol. The first-order valence-corrected chi connectivity index (χ1v) is 5.30. The Morgan fingerprint density at radius 1 is 1.40 bits per heavy atom. The summed E-state index contributed by atoms with van der Waals surface area (Å²) in [5.74, 6) is -1.84.